The van der Waals surface area contributed by atoms with Gasteiger partial charge >= 0.3 is 5.97 Å². The topological polar surface area (TPSA) is 189 Å². The molecule has 180 valence electrons. The van der Waals surface area contributed by atoms with Gasteiger partial charge in [-0.25, -0.2) is 0 Å². The first kappa shape index (κ1) is 24.3. The molecule has 4 aromatic rings. The largest absolute Gasteiger partial charge is 0.426 e. The SMILES string of the molecule is CCCC(=O)Oc1cc(S(=O)(=O)O)c2ccc3c(S(=O)(=O)O)cc(S(=O)(=O)O)c4ccc1c2c43. The summed E-state index contributed by atoms with van der Waals surface area (Å²) in [5.41, 5.74) is 0. The molecular weight excluding hydrogens is 512 g/mol. The lowest BCUT2D eigenvalue weighted by molar-refractivity contribution is -0.134. The smallest absolute Gasteiger partial charge is 0.311 e. The third-order valence-electron chi connectivity index (χ3n) is 5.26. The molecule has 0 aliphatic carbocycles. The summed E-state index contributed by atoms with van der Waals surface area (Å²) in [6.07, 6.45) is 0.411. The Hall–Kier alpha value is -2.88. The molecule has 0 atom stereocenters. The van der Waals surface area contributed by atoms with E-state index in [2.05, 4.69) is 0 Å². The van der Waals surface area contributed by atoms with Gasteiger partial charge in [-0.1, -0.05) is 25.1 Å². The Balaban J connectivity index is 2.33. The molecular formula is C20H16O11S3. The quantitative estimate of drug-likeness (QED) is 0.144. The molecule has 3 N–H and O–H groups in total. The molecule has 0 heterocycles. The molecule has 0 amide bonds. The fraction of sp³-hybridized carbons (Fsp3) is 0.150. The van der Waals surface area contributed by atoms with Crippen molar-refractivity contribution in [2.75, 3.05) is 0 Å². The highest BCUT2D eigenvalue weighted by molar-refractivity contribution is 7.87. The van der Waals surface area contributed by atoms with Crippen LogP contribution < -0.4 is 4.74 Å². The summed E-state index contributed by atoms with van der Waals surface area (Å²) in [6.45, 7) is 1.71. The first-order valence-corrected chi connectivity index (χ1v) is 13.9. The van der Waals surface area contributed by atoms with E-state index >= 15 is 0 Å². The van der Waals surface area contributed by atoms with E-state index in [4.69, 9.17) is 4.74 Å². The van der Waals surface area contributed by atoms with Crippen molar-refractivity contribution >= 4 is 68.6 Å². The van der Waals surface area contributed by atoms with Crippen molar-refractivity contribution in [2.24, 2.45) is 0 Å². The van der Waals surface area contributed by atoms with Gasteiger partial charge in [-0.05, 0) is 18.6 Å². The van der Waals surface area contributed by atoms with Crippen molar-refractivity contribution in [3.8, 4) is 5.75 Å². The van der Waals surface area contributed by atoms with Crippen molar-refractivity contribution in [3.63, 3.8) is 0 Å². The number of esters is 1. The van der Waals surface area contributed by atoms with Gasteiger partial charge in [-0.2, -0.15) is 25.3 Å². The summed E-state index contributed by atoms with van der Waals surface area (Å²) < 4.78 is 107. The number of carbonyl (C=O) groups excluding carboxylic acids is 1. The standard InChI is InChI=1S/C20H16O11S3/c1-2-3-18(21)31-14-8-15(32(22,23)24)11-6-7-13-17(34(28,29)30)9-16(33(25,26)27)12-5-4-10(14)19(11)20(12)13/h4-9H,2-3H2,1H3,(H,22,23,24)(H,25,26,27)(H,28,29,30). The Morgan fingerprint density at radius 1 is 0.706 bits per heavy atom. The average molecular weight is 529 g/mol. The predicted molar refractivity (Wildman–Crippen MR) is 120 cm³/mol. The molecule has 0 aromatic heterocycles. The zero-order valence-corrected chi connectivity index (χ0v) is 19.7. The molecule has 0 aliphatic rings. The Morgan fingerprint density at radius 2 is 1.09 bits per heavy atom. The number of hydrogen-bond acceptors (Lipinski definition) is 8. The molecule has 14 heteroatoms. The highest BCUT2D eigenvalue weighted by atomic mass is 32.2. The van der Waals surface area contributed by atoms with E-state index in [1.807, 2.05) is 0 Å². The molecule has 0 unspecified atom stereocenters. The highest BCUT2D eigenvalue weighted by Crippen LogP contribution is 2.45. The minimum atomic E-state index is -5.01. The Kier molecular flexibility index (Phi) is 5.58. The van der Waals surface area contributed by atoms with Crippen molar-refractivity contribution in [3.05, 3.63) is 36.4 Å². The minimum Gasteiger partial charge on any atom is -0.426 e. The lowest BCUT2D eigenvalue weighted by Crippen LogP contribution is -2.10. The van der Waals surface area contributed by atoms with E-state index in [-0.39, 0.29) is 44.5 Å². The Bertz CT molecular complexity index is 1770. The van der Waals surface area contributed by atoms with Crippen molar-refractivity contribution in [1.82, 2.24) is 0 Å². The third kappa shape index (κ3) is 3.97. The fourth-order valence-electron chi connectivity index (χ4n) is 3.97. The van der Waals surface area contributed by atoms with Gasteiger partial charge in [0.05, 0.1) is 0 Å². The van der Waals surface area contributed by atoms with E-state index < -0.39 is 51.0 Å². The van der Waals surface area contributed by atoms with Crippen LogP contribution in [0.1, 0.15) is 19.8 Å². The second-order valence-corrected chi connectivity index (χ2v) is 11.6. The first-order chi connectivity index (χ1) is 15.6. The average Bonchev–Trinajstić information content (AvgIpc) is 2.70. The maximum Gasteiger partial charge on any atom is 0.311 e. The van der Waals surface area contributed by atoms with Crippen LogP contribution in [0, 0.1) is 0 Å². The van der Waals surface area contributed by atoms with Crippen LogP contribution in [-0.2, 0) is 35.1 Å². The predicted octanol–water partition coefficient (Wildman–Crippen LogP) is 3.03. The van der Waals surface area contributed by atoms with Gasteiger partial charge in [-0.3, -0.25) is 18.5 Å². The zero-order chi connectivity index (χ0) is 25.2. The number of hydrogen-bond donors (Lipinski definition) is 3. The summed E-state index contributed by atoms with van der Waals surface area (Å²) in [5.74, 6) is -0.991. The fourth-order valence-corrected chi connectivity index (χ4v) is 6.18. The number of ether oxygens (including phenoxy) is 1. The van der Waals surface area contributed by atoms with Crippen LogP contribution in [0.15, 0.2) is 51.1 Å². The molecule has 0 spiro atoms. The van der Waals surface area contributed by atoms with E-state index in [1.54, 1.807) is 6.92 Å². The van der Waals surface area contributed by atoms with E-state index in [9.17, 15) is 43.7 Å². The molecule has 0 aliphatic heterocycles. The van der Waals surface area contributed by atoms with Crippen LogP contribution in [0.5, 0.6) is 5.75 Å². The summed E-state index contributed by atoms with van der Waals surface area (Å²) in [7, 11) is -14.9. The first-order valence-electron chi connectivity index (χ1n) is 9.56. The number of rotatable bonds is 6. The van der Waals surface area contributed by atoms with Gasteiger partial charge < -0.3 is 4.74 Å². The molecule has 0 fully saturated rings. The van der Waals surface area contributed by atoms with E-state index in [0.717, 1.165) is 18.2 Å². The van der Waals surface area contributed by atoms with Gasteiger partial charge in [0.1, 0.15) is 20.4 Å². The second-order valence-electron chi connectivity index (χ2n) is 7.47. The molecule has 4 aromatic carbocycles. The van der Waals surface area contributed by atoms with Gasteiger partial charge in [0.15, 0.2) is 0 Å². The van der Waals surface area contributed by atoms with Gasteiger partial charge in [0.2, 0.25) is 0 Å². The van der Waals surface area contributed by atoms with Crippen LogP contribution in [0.4, 0.5) is 0 Å². The van der Waals surface area contributed by atoms with Crippen LogP contribution in [0.3, 0.4) is 0 Å². The summed E-state index contributed by atoms with van der Waals surface area (Å²) in [4.78, 5) is 9.75. The summed E-state index contributed by atoms with van der Waals surface area (Å²) >= 11 is 0. The lowest BCUT2D eigenvalue weighted by Gasteiger charge is -2.18. The molecule has 4 rings (SSSR count). The van der Waals surface area contributed by atoms with Crippen molar-refractivity contribution in [2.45, 2.75) is 34.5 Å². The maximum atomic E-state index is 12.1. The molecule has 11 nitrogen and oxygen atoms in total. The molecule has 34 heavy (non-hydrogen) atoms. The summed E-state index contributed by atoms with van der Waals surface area (Å²) in [6, 6.07) is 6.31. The molecule has 0 radical (unpaired) electrons. The Labute approximate surface area is 193 Å². The molecule has 0 saturated carbocycles. The number of benzene rings is 4. The van der Waals surface area contributed by atoms with E-state index in [1.165, 1.54) is 12.1 Å². The van der Waals surface area contributed by atoms with Gasteiger partial charge in [0, 0.05) is 44.8 Å². The second kappa shape index (κ2) is 7.83. The van der Waals surface area contributed by atoms with Crippen LogP contribution >= 0.6 is 0 Å². The normalized spacial score (nSPS) is 13.2. The molecule has 0 bridgehead atoms. The van der Waals surface area contributed by atoms with Crippen LogP contribution in [-0.4, -0.2) is 44.9 Å². The molecule has 0 saturated heterocycles. The van der Waals surface area contributed by atoms with Crippen molar-refractivity contribution in [1.29, 1.82) is 0 Å². The maximum absolute atomic E-state index is 12.1. The monoisotopic (exact) mass is 528 g/mol. The van der Waals surface area contributed by atoms with Crippen LogP contribution in [0.25, 0.3) is 32.3 Å². The minimum absolute atomic E-state index is 0.0109. The summed E-state index contributed by atoms with van der Waals surface area (Å²) in [5, 5.41) is -0.656. The van der Waals surface area contributed by atoms with Gasteiger partial charge in [0.25, 0.3) is 30.4 Å². The van der Waals surface area contributed by atoms with Crippen molar-refractivity contribution < 1.29 is 48.4 Å². The zero-order valence-electron chi connectivity index (χ0n) is 17.2. The van der Waals surface area contributed by atoms with Gasteiger partial charge in [-0.15, -0.1) is 0 Å². The highest BCUT2D eigenvalue weighted by Gasteiger charge is 2.28. The number of carbonyl (C=O) groups is 1. The third-order valence-corrected chi connectivity index (χ3v) is 7.94. The lowest BCUT2D eigenvalue weighted by atomic mass is 9.93. The van der Waals surface area contributed by atoms with E-state index in [0.29, 0.717) is 12.5 Å². The van der Waals surface area contributed by atoms with Crippen LogP contribution in [0.2, 0.25) is 0 Å². The Morgan fingerprint density at radius 3 is 1.50 bits per heavy atom.